The maximum atomic E-state index is 6.82. The number of benzene rings is 11. The van der Waals surface area contributed by atoms with Crippen molar-refractivity contribution in [2.24, 2.45) is 0 Å². The van der Waals surface area contributed by atoms with E-state index in [-0.39, 0.29) is 0 Å². The van der Waals surface area contributed by atoms with Crippen LogP contribution >= 0.6 is 0 Å². The third kappa shape index (κ3) is 7.39. The molecule has 0 fully saturated rings. The molecule has 0 bridgehead atoms. The second kappa shape index (κ2) is 18.1. The third-order valence-corrected chi connectivity index (χ3v) is 14.4. The fraction of sp³-hybridized carbons (Fsp3) is 0. The van der Waals surface area contributed by atoms with Crippen molar-refractivity contribution in [1.82, 2.24) is 14.5 Å². The van der Waals surface area contributed by atoms with E-state index in [1.807, 2.05) is 36.4 Å². The molecule has 14 rings (SSSR count). The van der Waals surface area contributed by atoms with E-state index in [9.17, 15) is 0 Å². The molecule has 11 aromatic carbocycles. The van der Waals surface area contributed by atoms with Gasteiger partial charge in [-0.3, -0.25) is 0 Å². The van der Waals surface area contributed by atoms with Crippen LogP contribution in [0.3, 0.4) is 0 Å². The molecule has 74 heavy (non-hydrogen) atoms. The van der Waals surface area contributed by atoms with Crippen molar-refractivity contribution in [3.63, 3.8) is 0 Å². The molecule has 4 nitrogen and oxygen atoms in total. The lowest BCUT2D eigenvalue weighted by atomic mass is 9.90. The molecule has 3 aromatic heterocycles. The molecule has 346 valence electrons. The van der Waals surface area contributed by atoms with Gasteiger partial charge in [0.1, 0.15) is 16.8 Å². The van der Waals surface area contributed by atoms with Crippen molar-refractivity contribution in [1.29, 1.82) is 0 Å². The van der Waals surface area contributed by atoms with E-state index >= 15 is 0 Å². The molecular formula is C70H45N3O. The van der Waals surface area contributed by atoms with Crippen molar-refractivity contribution in [2.45, 2.75) is 0 Å². The maximum absolute atomic E-state index is 6.82. The molecule has 0 radical (unpaired) electrons. The molecule has 0 saturated heterocycles. The lowest BCUT2D eigenvalue weighted by Gasteiger charge is -2.22. The average Bonchev–Trinajstić information content (AvgIpc) is 4.03. The number of nitrogens with zero attached hydrogens (tertiary/aromatic N) is 3. The second-order valence-electron chi connectivity index (χ2n) is 18.8. The zero-order valence-electron chi connectivity index (χ0n) is 40.2. The van der Waals surface area contributed by atoms with E-state index in [0.29, 0.717) is 11.4 Å². The molecule has 0 aliphatic rings. The summed E-state index contributed by atoms with van der Waals surface area (Å²) in [6, 6.07) is 97.7. The minimum Gasteiger partial charge on any atom is -0.452 e. The highest BCUT2D eigenvalue weighted by molar-refractivity contribution is 6.20. The molecule has 0 saturated carbocycles. The standard InChI is InChI=1S/C70H45N3O/c1-8-24-46(25-9-1)53-40-58(49-30-14-4-15-31-49)65-61-44-56(47-26-10-2-11-27-47)57(48-28-12-3-13-29-48)45-62(61)73(63(65)43-53)68-59(50-32-16-5-17-33-50)41-54(42-60(68)51-34-18-6-19-35-51)66-69-67(55-38-22-23-39-64(55)74-69)72-70(71-66)52-36-20-7-21-37-52/h1-45H. The molecule has 0 spiro atoms. The smallest absolute Gasteiger partial charge is 0.180 e. The normalized spacial score (nSPS) is 11.5. The van der Waals surface area contributed by atoms with Gasteiger partial charge < -0.3 is 8.98 Å². The van der Waals surface area contributed by atoms with Gasteiger partial charge in [-0.05, 0) is 104 Å². The van der Waals surface area contributed by atoms with Crippen LogP contribution in [-0.2, 0) is 0 Å². The number of para-hydroxylation sites is 1. The number of hydrogen-bond acceptors (Lipinski definition) is 3. The Hall–Kier alpha value is -9.90. The lowest BCUT2D eigenvalue weighted by molar-refractivity contribution is 0.667. The van der Waals surface area contributed by atoms with Crippen LogP contribution in [0.1, 0.15) is 0 Å². The second-order valence-corrected chi connectivity index (χ2v) is 18.8. The summed E-state index contributed by atoms with van der Waals surface area (Å²) in [5.74, 6) is 0.637. The minimum atomic E-state index is 0.637. The Morgan fingerprint density at radius 1 is 0.297 bits per heavy atom. The van der Waals surface area contributed by atoms with Crippen molar-refractivity contribution < 1.29 is 4.42 Å². The van der Waals surface area contributed by atoms with E-state index in [1.165, 1.54) is 10.9 Å². The molecule has 0 N–H and O–H groups in total. The molecule has 4 heteroatoms. The van der Waals surface area contributed by atoms with Crippen molar-refractivity contribution in [3.8, 4) is 95.1 Å². The first-order valence-corrected chi connectivity index (χ1v) is 25.1. The highest BCUT2D eigenvalue weighted by atomic mass is 16.3. The van der Waals surface area contributed by atoms with E-state index in [1.54, 1.807) is 0 Å². The Morgan fingerprint density at radius 3 is 1.27 bits per heavy atom. The lowest BCUT2D eigenvalue weighted by Crippen LogP contribution is -2.03. The van der Waals surface area contributed by atoms with E-state index in [4.69, 9.17) is 14.4 Å². The van der Waals surface area contributed by atoms with Crippen LogP contribution in [0.4, 0.5) is 0 Å². The number of rotatable bonds is 9. The molecular weight excluding hydrogens is 899 g/mol. The summed E-state index contributed by atoms with van der Waals surface area (Å²) < 4.78 is 9.38. The summed E-state index contributed by atoms with van der Waals surface area (Å²) in [7, 11) is 0. The van der Waals surface area contributed by atoms with Gasteiger partial charge in [-0.25, -0.2) is 9.97 Å². The predicted molar refractivity (Wildman–Crippen MR) is 307 cm³/mol. The third-order valence-electron chi connectivity index (χ3n) is 14.4. The van der Waals surface area contributed by atoms with Gasteiger partial charge in [0.05, 0.1) is 16.7 Å². The average molecular weight is 944 g/mol. The Bertz CT molecular complexity index is 4300. The van der Waals surface area contributed by atoms with Crippen LogP contribution in [0.25, 0.3) is 139 Å². The predicted octanol–water partition coefficient (Wildman–Crippen LogP) is 18.8. The Labute approximate surface area is 428 Å². The van der Waals surface area contributed by atoms with Gasteiger partial charge in [-0.2, -0.15) is 0 Å². The first kappa shape index (κ1) is 42.9. The summed E-state index contributed by atoms with van der Waals surface area (Å²) in [4.78, 5) is 10.7. The number of furan rings is 1. The van der Waals surface area contributed by atoms with Crippen LogP contribution in [0.5, 0.6) is 0 Å². The van der Waals surface area contributed by atoms with Gasteiger partial charge in [0.25, 0.3) is 0 Å². The Morgan fingerprint density at radius 2 is 0.730 bits per heavy atom. The summed E-state index contributed by atoms with van der Waals surface area (Å²) >= 11 is 0. The molecule has 0 aliphatic heterocycles. The number of hydrogen-bond donors (Lipinski definition) is 0. The Kier molecular flexibility index (Phi) is 10.5. The van der Waals surface area contributed by atoms with Crippen molar-refractivity contribution in [2.75, 3.05) is 0 Å². The molecule has 3 heterocycles. The van der Waals surface area contributed by atoms with Crippen molar-refractivity contribution >= 4 is 43.9 Å². The summed E-state index contributed by atoms with van der Waals surface area (Å²) in [6.45, 7) is 0. The van der Waals surface area contributed by atoms with Crippen molar-refractivity contribution in [3.05, 3.63) is 273 Å². The van der Waals surface area contributed by atoms with Crippen LogP contribution < -0.4 is 0 Å². The van der Waals surface area contributed by atoms with Crippen LogP contribution in [0.15, 0.2) is 277 Å². The minimum absolute atomic E-state index is 0.637. The molecule has 0 unspecified atom stereocenters. The zero-order valence-corrected chi connectivity index (χ0v) is 40.2. The summed E-state index contributed by atoms with van der Waals surface area (Å²) in [6.07, 6.45) is 0. The first-order chi connectivity index (χ1) is 36.7. The van der Waals surface area contributed by atoms with E-state index in [2.05, 4.69) is 241 Å². The summed E-state index contributed by atoms with van der Waals surface area (Å²) in [5, 5.41) is 3.28. The number of fused-ring (bicyclic) bond motifs is 6. The van der Waals surface area contributed by atoms with Gasteiger partial charge in [0, 0.05) is 38.4 Å². The van der Waals surface area contributed by atoms with Gasteiger partial charge in [0.15, 0.2) is 11.4 Å². The molecule has 14 aromatic rings. The van der Waals surface area contributed by atoms with Crippen LogP contribution in [-0.4, -0.2) is 14.5 Å². The van der Waals surface area contributed by atoms with E-state index in [0.717, 1.165) is 117 Å². The zero-order chi connectivity index (χ0) is 49.0. The van der Waals surface area contributed by atoms with Gasteiger partial charge in [0.2, 0.25) is 0 Å². The fourth-order valence-corrected chi connectivity index (χ4v) is 11.0. The topological polar surface area (TPSA) is 43.9 Å². The SMILES string of the molecule is c1ccc(-c2cc(-c3ccccc3)c3c4cc(-c5ccccc5)c(-c5ccccc5)cc4n(-c4c(-c5ccccc5)cc(-c5nc(-c6ccccc6)nc6c5oc5ccccc56)cc4-c4ccccc4)c3c2)cc1. The number of aromatic nitrogens is 3. The fourth-order valence-electron chi connectivity index (χ4n) is 11.0. The molecule has 0 aliphatic carbocycles. The summed E-state index contributed by atoms with van der Waals surface area (Å²) in [5.41, 5.74) is 21.5. The van der Waals surface area contributed by atoms with Gasteiger partial charge in [-0.15, -0.1) is 0 Å². The van der Waals surface area contributed by atoms with Gasteiger partial charge >= 0.3 is 0 Å². The largest absolute Gasteiger partial charge is 0.452 e. The highest BCUT2D eigenvalue weighted by Gasteiger charge is 2.27. The molecule has 0 atom stereocenters. The molecule has 0 amide bonds. The quantitative estimate of drug-likeness (QED) is 0.145. The van der Waals surface area contributed by atoms with Crippen LogP contribution in [0.2, 0.25) is 0 Å². The van der Waals surface area contributed by atoms with Crippen LogP contribution in [0, 0.1) is 0 Å². The van der Waals surface area contributed by atoms with Gasteiger partial charge in [-0.1, -0.05) is 224 Å². The monoisotopic (exact) mass is 943 g/mol. The Balaban J connectivity index is 1.18. The highest BCUT2D eigenvalue weighted by Crippen LogP contribution is 2.50. The first-order valence-electron chi connectivity index (χ1n) is 25.1. The van der Waals surface area contributed by atoms with E-state index < -0.39 is 0 Å². The maximum Gasteiger partial charge on any atom is 0.180 e.